The number of nitrogens with zero attached hydrogens (tertiary/aromatic N) is 2. The normalized spacial score (nSPS) is 25.5. The predicted molar refractivity (Wildman–Crippen MR) is 103 cm³/mol. The highest BCUT2D eigenvalue weighted by Crippen LogP contribution is 2.43. The minimum Gasteiger partial charge on any atom is -0.314 e. The molecule has 2 fully saturated rings. The Labute approximate surface area is 152 Å². The summed E-state index contributed by atoms with van der Waals surface area (Å²) < 4.78 is 0. The van der Waals surface area contributed by atoms with Crippen LogP contribution < -0.4 is 5.32 Å². The Morgan fingerprint density at radius 1 is 0.960 bits per heavy atom. The number of hydrogen-bond donors (Lipinski definition) is 1. The monoisotopic (exact) mass is 347 g/mol. The lowest BCUT2D eigenvalue weighted by Gasteiger charge is -2.59. The summed E-state index contributed by atoms with van der Waals surface area (Å²) in [5.41, 5.74) is 4.06. The number of aromatic nitrogens is 1. The highest BCUT2D eigenvalue weighted by molar-refractivity contribution is 7.09. The van der Waals surface area contributed by atoms with Crippen LogP contribution >= 0.6 is 11.3 Å². The molecule has 3 atom stereocenters. The number of piperazine rings is 1. The van der Waals surface area contributed by atoms with E-state index in [9.17, 15) is 0 Å². The molecule has 1 N–H and O–H groups in total. The highest BCUT2D eigenvalue weighted by atomic mass is 32.1. The van der Waals surface area contributed by atoms with Crippen LogP contribution in [0.1, 0.15) is 16.5 Å². The fourth-order valence-electron chi connectivity index (χ4n) is 4.38. The summed E-state index contributed by atoms with van der Waals surface area (Å²) in [6.45, 7) is 3.15. The summed E-state index contributed by atoms with van der Waals surface area (Å²) in [5, 5.41) is 6.88. The molecular weight excluding hydrogens is 326 g/mol. The van der Waals surface area contributed by atoms with Crippen LogP contribution in [0.4, 0.5) is 0 Å². The Bertz CT molecular complexity index is 817. The SMILES string of the molecule is c1ccc(-c2ccc(C3[C@H]4CNC[C@@H]3N4Cc3nccs3)cc2)cc1. The summed E-state index contributed by atoms with van der Waals surface area (Å²) >= 11 is 1.76. The molecule has 0 saturated carbocycles. The van der Waals surface area contributed by atoms with Gasteiger partial charge in [-0.05, 0) is 16.7 Å². The molecule has 2 aliphatic heterocycles. The van der Waals surface area contributed by atoms with Crippen molar-refractivity contribution in [2.24, 2.45) is 0 Å². The van der Waals surface area contributed by atoms with Gasteiger partial charge in [0, 0.05) is 42.7 Å². The predicted octanol–water partition coefficient (Wildman–Crippen LogP) is 3.75. The first-order valence-corrected chi connectivity index (χ1v) is 9.78. The first-order chi connectivity index (χ1) is 12.4. The summed E-state index contributed by atoms with van der Waals surface area (Å²) in [6, 6.07) is 21.0. The van der Waals surface area contributed by atoms with Crippen molar-refractivity contribution in [3.8, 4) is 11.1 Å². The van der Waals surface area contributed by atoms with Gasteiger partial charge >= 0.3 is 0 Å². The molecule has 1 aromatic heterocycles. The Morgan fingerprint density at radius 2 is 1.68 bits per heavy atom. The fourth-order valence-corrected chi connectivity index (χ4v) is 5.00. The first-order valence-electron chi connectivity index (χ1n) is 8.90. The van der Waals surface area contributed by atoms with E-state index >= 15 is 0 Å². The Kier molecular flexibility index (Phi) is 3.89. The van der Waals surface area contributed by atoms with Crippen molar-refractivity contribution < 1.29 is 0 Å². The molecule has 2 aliphatic rings. The van der Waals surface area contributed by atoms with Crippen LogP contribution in [0.3, 0.4) is 0 Å². The molecule has 2 saturated heterocycles. The molecule has 5 rings (SSSR count). The van der Waals surface area contributed by atoms with Gasteiger partial charge in [-0.1, -0.05) is 54.6 Å². The molecule has 2 aromatic carbocycles. The largest absolute Gasteiger partial charge is 0.314 e. The third kappa shape index (κ3) is 2.71. The molecule has 0 aliphatic carbocycles. The van der Waals surface area contributed by atoms with E-state index in [2.05, 4.69) is 75.2 Å². The van der Waals surface area contributed by atoms with Gasteiger partial charge in [0.1, 0.15) is 5.01 Å². The van der Waals surface area contributed by atoms with Crippen molar-refractivity contribution >= 4 is 11.3 Å². The van der Waals surface area contributed by atoms with E-state index < -0.39 is 0 Å². The highest BCUT2D eigenvalue weighted by Gasteiger charge is 2.51. The van der Waals surface area contributed by atoms with E-state index in [1.807, 2.05) is 6.20 Å². The van der Waals surface area contributed by atoms with Gasteiger partial charge in [-0.2, -0.15) is 0 Å². The third-order valence-electron chi connectivity index (χ3n) is 5.59. The van der Waals surface area contributed by atoms with E-state index in [0.29, 0.717) is 18.0 Å². The second-order valence-corrected chi connectivity index (χ2v) is 7.88. The van der Waals surface area contributed by atoms with Crippen LogP contribution in [0.15, 0.2) is 66.2 Å². The van der Waals surface area contributed by atoms with Gasteiger partial charge in [-0.15, -0.1) is 11.3 Å². The zero-order valence-electron chi connectivity index (χ0n) is 14.0. The zero-order chi connectivity index (χ0) is 16.6. The standard InChI is InChI=1S/C21H21N3S/c1-2-4-15(5-3-1)16-6-8-17(9-7-16)21-18-12-22-13-19(21)24(18)14-20-23-10-11-25-20/h1-11,18-19,21-22H,12-14H2/t18-,19+,21?. The first kappa shape index (κ1) is 15.3. The van der Waals surface area contributed by atoms with Gasteiger partial charge in [0.25, 0.3) is 0 Å². The second kappa shape index (κ2) is 6.37. The van der Waals surface area contributed by atoms with Gasteiger partial charge in [0.2, 0.25) is 0 Å². The quantitative estimate of drug-likeness (QED) is 0.779. The minimum absolute atomic E-state index is 0.588. The Balaban J connectivity index is 1.35. The number of hydrogen-bond acceptors (Lipinski definition) is 4. The van der Waals surface area contributed by atoms with Crippen LogP contribution in [-0.2, 0) is 6.54 Å². The maximum Gasteiger partial charge on any atom is 0.107 e. The molecule has 3 aromatic rings. The maximum absolute atomic E-state index is 4.46. The van der Waals surface area contributed by atoms with Crippen molar-refractivity contribution in [1.82, 2.24) is 15.2 Å². The summed E-state index contributed by atoms with van der Waals surface area (Å²) in [6.07, 6.45) is 1.91. The number of thiazole rings is 1. The molecular formula is C21H21N3S. The van der Waals surface area contributed by atoms with Crippen LogP contribution in [0.5, 0.6) is 0 Å². The number of benzene rings is 2. The lowest BCUT2D eigenvalue weighted by molar-refractivity contribution is -0.0483. The van der Waals surface area contributed by atoms with E-state index in [0.717, 1.165) is 19.6 Å². The molecule has 0 radical (unpaired) electrons. The topological polar surface area (TPSA) is 28.2 Å². The second-order valence-electron chi connectivity index (χ2n) is 6.90. The average molecular weight is 347 g/mol. The van der Waals surface area contributed by atoms with E-state index in [4.69, 9.17) is 0 Å². The maximum atomic E-state index is 4.46. The molecule has 0 amide bonds. The van der Waals surface area contributed by atoms with Crippen LogP contribution in [0, 0.1) is 0 Å². The van der Waals surface area contributed by atoms with Crippen molar-refractivity contribution in [3.63, 3.8) is 0 Å². The molecule has 4 heteroatoms. The lowest BCUT2D eigenvalue weighted by Crippen LogP contribution is -2.72. The van der Waals surface area contributed by atoms with Gasteiger partial charge in [0.05, 0.1) is 6.54 Å². The zero-order valence-corrected chi connectivity index (χ0v) is 14.8. The fraction of sp³-hybridized carbons (Fsp3) is 0.286. The van der Waals surface area contributed by atoms with Gasteiger partial charge in [0.15, 0.2) is 0 Å². The van der Waals surface area contributed by atoms with E-state index in [-0.39, 0.29) is 0 Å². The van der Waals surface area contributed by atoms with Gasteiger partial charge in [-0.3, -0.25) is 4.90 Å². The molecule has 1 unspecified atom stereocenters. The third-order valence-corrected chi connectivity index (χ3v) is 6.36. The molecule has 2 bridgehead atoms. The smallest absolute Gasteiger partial charge is 0.107 e. The van der Waals surface area contributed by atoms with Crippen LogP contribution in [0.2, 0.25) is 0 Å². The Morgan fingerprint density at radius 3 is 2.36 bits per heavy atom. The minimum atomic E-state index is 0.588. The number of likely N-dealkylation sites (tertiary alicyclic amines) is 1. The van der Waals surface area contributed by atoms with E-state index in [1.165, 1.54) is 21.7 Å². The lowest BCUT2D eigenvalue weighted by atomic mass is 9.72. The molecule has 25 heavy (non-hydrogen) atoms. The van der Waals surface area contributed by atoms with Gasteiger partial charge < -0.3 is 5.32 Å². The van der Waals surface area contributed by atoms with Gasteiger partial charge in [-0.25, -0.2) is 4.98 Å². The number of nitrogens with one attached hydrogen (secondary N) is 1. The van der Waals surface area contributed by atoms with E-state index in [1.54, 1.807) is 11.3 Å². The van der Waals surface area contributed by atoms with Crippen LogP contribution in [-0.4, -0.2) is 35.1 Å². The van der Waals surface area contributed by atoms with Crippen molar-refractivity contribution in [2.75, 3.05) is 13.1 Å². The van der Waals surface area contributed by atoms with Crippen LogP contribution in [0.25, 0.3) is 11.1 Å². The van der Waals surface area contributed by atoms with Crippen molar-refractivity contribution in [3.05, 3.63) is 76.7 Å². The summed E-state index contributed by atoms with van der Waals surface area (Å²) in [5.74, 6) is 0.644. The summed E-state index contributed by atoms with van der Waals surface area (Å²) in [4.78, 5) is 7.09. The molecule has 0 spiro atoms. The Hall–Kier alpha value is -2.01. The number of rotatable bonds is 4. The number of piperidine rings is 1. The molecule has 126 valence electrons. The van der Waals surface area contributed by atoms with Crippen molar-refractivity contribution in [1.29, 1.82) is 0 Å². The molecule has 3 nitrogen and oxygen atoms in total. The number of fused-ring (bicyclic) bond motifs is 2. The van der Waals surface area contributed by atoms with Crippen molar-refractivity contribution in [2.45, 2.75) is 24.5 Å². The average Bonchev–Trinajstić information content (AvgIpc) is 3.20. The summed E-state index contributed by atoms with van der Waals surface area (Å²) in [7, 11) is 0. The molecule has 3 heterocycles.